The van der Waals surface area contributed by atoms with E-state index in [4.69, 9.17) is 9.47 Å². The van der Waals surface area contributed by atoms with Gasteiger partial charge in [0, 0.05) is 20.2 Å². The maximum absolute atomic E-state index is 11.6. The van der Waals surface area contributed by atoms with E-state index in [1.54, 1.807) is 14.0 Å². The van der Waals surface area contributed by atoms with Crippen LogP contribution in [0, 0.1) is 5.92 Å². The Morgan fingerprint density at radius 1 is 1.22 bits per heavy atom. The molecule has 7 nitrogen and oxygen atoms in total. The number of amides is 1. The highest BCUT2D eigenvalue weighted by atomic mass is 127. The molecule has 1 amide bonds. The maximum Gasteiger partial charge on any atom is 0.407 e. The summed E-state index contributed by atoms with van der Waals surface area (Å²) in [5.74, 6) is 1.19. The number of guanidine groups is 1. The second-order valence-corrected chi connectivity index (χ2v) is 5.33. The number of methoxy groups -OCH3 is 1. The smallest absolute Gasteiger partial charge is 0.407 e. The lowest BCUT2D eigenvalue weighted by atomic mass is 10.0. The van der Waals surface area contributed by atoms with Gasteiger partial charge in [-0.15, -0.1) is 24.0 Å². The summed E-state index contributed by atoms with van der Waals surface area (Å²) in [7, 11) is 1.66. The Balaban J connectivity index is 0. The number of nitrogens with zero attached hydrogens (tertiary/aromatic N) is 1. The molecule has 0 fully saturated rings. The first-order valence-electron chi connectivity index (χ1n) is 7.97. The molecule has 0 heterocycles. The molecule has 0 aromatic carbocycles. The highest BCUT2D eigenvalue weighted by molar-refractivity contribution is 14.0. The minimum atomic E-state index is -0.388. The van der Waals surface area contributed by atoms with Crippen molar-refractivity contribution in [2.75, 3.05) is 40.0 Å². The van der Waals surface area contributed by atoms with Crippen molar-refractivity contribution < 1.29 is 14.3 Å². The number of ether oxygens (including phenoxy) is 2. The van der Waals surface area contributed by atoms with Crippen molar-refractivity contribution in [1.29, 1.82) is 0 Å². The van der Waals surface area contributed by atoms with E-state index in [1.807, 2.05) is 6.92 Å². The van der Waals surface area contributed by atoms with Crippen LogP contribution < -0.4 is 16.0 Å². The largest absolute Gasteiger partial charge is 0.450 e. The zero-order valence-corrected chi connectivity index (χ0v) is 17.3. The lowest BCUT2D eigenvalue weighted by Crippen LogP contribution is -2.42. The van der Waals surface area contributed by atoms with Gasteiger partial charge in [0.1, 0.15) is 0 Å². The first-order chi connectivity index (χ1) is 10.5. The fraction of sp³-hybridized carbons (Fsp3) is 0.867. The van der Waals surface area contributed by atoms with E-state index in [9.17, 15) is 4.79 Å². The molecule has 0 aliphatic heterocycles. The summed E-state index contributed by atoms with van der Waals surface area (Å²) in [4.78, 5) is 16.1. The number of aliphatic imine (C=N–C) groups is 1. The van der Waals surface area contributed by atoms with E-state index in [0.29, 0.717) is 32.2 Å². The maximum atomic E-state index is 11.6. The molecule has 0 aromatic heterocycles. The average molecular weight is 444 g/mol. The summed E-state index contributed by atoms with van der Waals surface area (Å²) < 4.78 is 9.95. The predicted molar refractivity (Wildman–Crippen MR) is 105 cm³/mol. The molecular weight excluding hydrogens is 411 g/mol. The summed E-state index contributed by atoms with van der Waals surface area (Å²) in [5, 5.41) is 9.21. The van der Waals surface area contributed by atoms with Gasteiger partial charge >= 0.3 is 6.09 Å². The van der Waals surface area contributed by atoms with Crippen molar-refractivity contribution in [2.24, 2.45) is 10.9 Å². The molecule has 0 aliphatic rings. The van der Waals surface area contributed by atoms with Crippen LogP contribution in [0.2, 0.25) is 0 Å². The number of hydrogen-bond donors (Lipinski definition) is 3. The van der Waals surface area contributed by atoms with Crippen LogP contribution in [0.15, 0.2) is 4.99 Å². The number of hydrogen-bond acceptors (Lipinski definition) is 4. The number of halogens is 1. The summed E-state index contributed by atoms with van der Waals surface area (Å²) in [6.07, 6.45) is 0.459. The van der Waals surface area contributed by atoms with Crippen molar-refractivity contribution in [3.05, 3.63) is 0 Å². The third kappa shape index (κ3) is 14.5. The van der Waals surface area contributed by atoms with Crippen molar-refractivity contribution in [3.8, 4) is 0 Å². The van der Waals surface area contributed by atoms with Gasteiger partial charge in [-0.2, -0.15) is 0 Å². The Kier molecular flexibility index (Phi) is 17.1. The van der Waals surface area contributed by atoms with Crippen LogP contribution in [0.5, 0.6) is 0 Å². The number of carbonyl (C=O) groups excluding carboxylic acids is 1. The first kappa shape index (κ1) is 24.5. The normalized spacial score (nSPS) is 12.3. The number of carbonyl (C=O) groups is 1. The SMILES string of the molecule is CCNC(=NCC(CC(C)C)NC(=O)OCC)NCCOC.I. The van der Waals surface area contributed by atoms with Crippen LogP contribution in [0.3, 0.4) is 0 Å². The molecule has 138 valence electrons. The molecule has 0 bridgehead atoms. The molecule has 23 heavy (non-hydrogen) atoms. The quantitative estimate of drug-likeness (QED) is 0.208. The lowest BCUT2D eigenvalue weighted by molar-refractivity contribution is 0.147. The third-order valence-corrected chi connectivity index (χ3v) is 2.77. The van der Waals surface area contributed by atoms with Crippen molar-refractivity contribution >= 4 is 36.0 Å². The topological polar surface area (TPSA) is 84.0 Å². The number of alkyl carbamates (subject to hydrolysis) is 1. The second-order valence-electron chi connectivity index (χ2n) is 5.33. The van der Waals surface area contributed by atoms with E-state index >= 15 is 0 Å². The summed E-state index contributed by atoms with van der Waals surface area (Å²) in [5.41, 5.74) is 0. The van der Waals surface area contributed by atoms with Crippen LogP contribution in [-0.2, 0) is 9.47 Å². The molecule has 0 aromatic rings. The van der Waals surface area contributed by atoms with Gasteiger partial charge < -0.3 is 25.4 Å². The van der Waals surface area contributed by atoms with Crippen LogP contribution in [0.1, 0.15) is 34.1 Å². The monoisotopic (exact) mass is 444 g/mol. The minimum absolute atomic E-state index is 0. The molecule has 0 rings (SSSR count). The zero-order chi connectivity index (χ0) is 16.8. The Morgan fingerprint density at radius 2 is 1.91 bits per heavy atom. The van der Waals surface area contributed by atoms with Crippen LogP contribution >= 0.6 is 24.0 Å². The molecule has 0 saturated carbocycles. The van der Waals surface area contributed by atoms with E-state index in [2.05, 4.69) is 34.8 Å². The predicted octanol–water partition coefficient (Wildman–Crippen LogP) is 1.97. The molecule has 0 radical (unpaired) electrons. The second kappa shape index (κ2) is 16.1. The molecule has 0 spiro atoms. The zero-order valence-electron chi connectivity index (χ0n) is 15.0. The lowest BCUT2D eigenvalue weighted by Gasteiger charge is -2.19. The van der Waals surface area contributed by atoms with E-state index in [0.717, 1.165) is 18.9 Å². The van der Waals surface area contributed by atoms with Crippen molar-refractivity contribution in [3.63, 3.8) is 0 Å². The van der Waals surface area contributed by atoms with Crippen LogP contribution in [0.4, 0.5) is 4.79 Å². The van der Waals surface area contributed by atoms with E-state index < -0.39 is 0 Å². The van der Waals surface area contributed by atoms with Gasteiger partial charge in [-0.3, -0.25) is 4.99 Å². The Bertz CT molecular complexity index is 328. The number of nitrogens with one attached hydrogen (secondary N) is 3. The van der Waals surface area contributed by atoms with Crippen molar-refractivity contribution in [2.45, 2.75) is 40.2 Å². The summed E-state index contributed by atoms with van der Waals surface area (Å²) >= 11 is 0. The molecule has 0 saturated heterocycles. The van der Waals surface area contributed by atoms with Gasteiger partial charge in [0.05, 0.1) is 25.8 Å². The highest BCUT2D eigenvalue weighted by Crippen LogP contribution is 2.05. The molecule has 0 aliphatic carbocycles. The van der Waals surface area contributed by atoms with Gasteiger partial charge in [0.25, 0.3) is 0 Å². The Hall–Kier alpha value is -0.770. The van der Waals surface area contributed by atoms with Gasteiger partial charge in [-0.1, -0.05) is 13.8 Å². The Labute approximate surface area is 157 Å². The standard InChI is InChI=1S/C15H32N4O3.HI/c1-6-16-14(17-8-9-21-5)18-11-13(10-12(3)4)19-15(20)22-7-2;/h12-13H,6-11H2,1-5H3,(H,19,20)(H2,16,17,18);1H. The fourth-order valence-electron chi connectivity index (χ4n) is 1.90. The average Bonchev–Trinajstić information content (AvgIpc) is 2.44. The first-order valence-corrected chi connectivity index (χ1v) is 7.97. The number of rotatable bonds is 10. The van der Waals surface area contributed by atoms with E-state index in [-0.39, 0.29) is 36.1 Å². The van der Waals surface area contributed by atoms with Gasteiger partial charge in [0.2, 0.25) is 0 Å². The van der Waals surface area contributed by atoms with E-state index in [1.165, 1.54) is 0 Å². The third-order valence-electron chi connectivity index (χ3n) is 2.77. The molecule has 8 heteroatoms. The highest BCUT2D eigenvalue weighted by Gasteiger charge is 2.14. The molecule has 3 N–H and O–H groups in total. The molecule has 1 atom stereocenters. The summed E-state index contributed by atoms with van der Waals surface area (Å²) in [6.45, 7) is 11.0. The molecular formula is C15H33IN4O3. The Morgan fingerprint density at radius 3 is 2.43 bits per heavy atom. The van der Waals surface area contributed by atoms with Gasteiger partial charge in [-0.05, 0) is 26.2 Å². The van der Waals surface area contributed by atoms with Crippen LogP contribution in [-0.4, -0.2) is 58.1 Å². The minimum Gasteiger partial charge on any atom is -0.450 e. The summed E-state index contributed by atoms with van der Waals surface area (Å²) in [6, 6.07) is -0.0445. The van der Waals surface area contributed by atoms with Crippen LogP contribution in [0.25, 0.3) is 0 Å². The molecule has 1 unspecified atom stereocenters. The van der Waals surface area contributed by atoms with Gasteiger partial charge in [0.15, 0.2) is 5.96 Å². The van der Waals surface area contributed by atoms with Gasteiger partial charge in [-0.25, -0.2) is 4.79 Å². The fourth-order valence-corrected chi connectivity index (χ4v) is 1.90. The van der Waals surface area contributed by atoms with Crippen molar-refractivity contribution in [1.82, 2.24) is 16.0 Å².